The lowest BCUT2D eigenvalue weighted by molar-refractivity contribution is -0.118. The van der Waals surface area contributed by atoms with E-state index in [9.17, 15) is 4.79 Å². The van der Waals surface area contributed by atoms with Crippen LogP contribution >= 0.6 is 0 Å². The van der Waals surface area contributed by atoms with E-state index < -0.39 is 0 Å². The van der Waals surface area contributed by atoms with Crippen LogP contribution in [0.2, 0.25) is 0 Å². The molecule has 1 heterocycles. The average molecular weight is 298 g/mol. The predicted molar refractivity (Wildman–Crippen MR) is 82.8 cm³/mol. The molecule has 0 bridgehead atoms. The number of aryl methyl sites for hydroxylation is 2. The van der Waals surface area contributed by atoms with Crippen LogP contribution in [0.1, 0.15) is 29.4 Å². The molecular formula is C17H18N2O3. The molecule has 114 valence electrons. The molecule has 1 N–H and O–H groups in total. The maximum absolute atomic E-state index is 12.0. The van der Waals surface area contributed by atoms with E-state index in [0.29, 0.717) is 17.1 Å². The normalized spacial score (nSPS) is 10.1. The number of hydrogen-bond acceptors (Lipinski definition) is 4. The largest absolute Gasteiger partial charge is 0.483 e. The highest BCUT2D eigenvalue weighted by Crippen LogP contribution is 2.25. The van der Waals surface area contributed by atoms with Crippen LogP contribution in [0, 0.1) is 25.2 Å². The van der Waals surface area contributed by atoms with Gasteiger partial charge in [-0.15, -0.1) is 0 Å². The van der Waals surface area contributed by atoms with Crippen molar-refractivity contribution in [2.45, 2.75) is 27.2 Å². The molecule has 0 spiro atoms. The number of nitrogens with zero attached hydrogens (tertiary/aromatic N) is 1. The fourth-order valence-electron chi connectivity index (χ4n) is 2.09. The number of anilines is 1. The molecule has 1 aromatic heterocycles. The quantitative estimate of drug-likeness (QED) is 0.918. The summed E-state index contributed by atoms with van der Waals surface area (Å²) in [4.78, 5) is 12.0. The Bertz CT molecular complexity index is 726. The lowest BCUT2D eigenvalue weighted by atomic mass is 10.1. The van der Waals surface area contributed by atoms with Crippen molar-refractivity contribution in [1.82, 2.24) is 0 Å². The first-order chi connectivity index (χ1) is 10.6. The highest BCUT2D eigenvalue weighted by Gasteiger charge is 2.17. The number of furan rings is 1. The number of hydrogen-bond donors (Lipinski definition) is 1. The fraction of sp³-hybridized carbons (Fsp3) is 0.294. The molecule has 0 saturated heterocycles. The summed E-state index contributed by atoms with van der Waals surface area (Å²) in [5, 5.41) is 11.7. The standard InChI is InChI=1S/C17H18N2O3/c1-4-13-7-5-6-8-15(13)21-10-16(20)19-17-14(9-18)11(2)12(3)22-17/h5-8H,4,10H2,1-3H3,(H,19,20). The van der Waals surface area contributed by atoms with Crippen molar-refractivity contribution in [1.29, 1.82) is 5.26 Å². The van der Waals surface area contributed by atoms with Gasteiger partial charge in [0.2, 0.25) is 5.88 Å². The fourth-order valence-corrected chi connectivity index (χ4v) is 2.09. The van der Waals surface area contributed by atoms with E-state index in [4.69, 9.17) is 14.4 Å². The molecule has 0 aliphatic heterocycles. The second kappa shape index (κ2) is 6.81. The zero-order chi connectivity index (χ0) is 16.1. The van der Waals surface area contributed by atoms with Crippen molar-refractivity contribution >= 4 is 11.8 Å². The van der Waals surface area contributed by atoms with E-state index in [2.05, 4.69) is 5.32 Å². The number of para-hydroxylation sites is 1. The number of ether oxygens (including phenoxy) is 1. The maximum atomic E-state index is 12.0. The van der Waals surface area contributed by atoms with E-state index in [0.717, 1.165) is 17.5 Å². The van der Waals surface area contributed by atoms with E-state index in [1.54, 1.807) is 13.8 Å². The van der Waals surface area contributed by atoms with Crippen LogP contribution in [0.3, 0.4) is 0 Å². The van der Waals surface area contributed by atoms with Gasteiger partial charge in [-0.3, -0.25) is 10.1 Å². The van der Waals surface area contributed by atoms with Crippen LogP contribution < -0.4 is 10.1 Å². The Labute approximate surface area is 129 Å². The van der Waals surface area contributed by atoms with Crippen LogP contribution in [0.4, 0.5) is 5.88 Å². The molecule has 2 aromatic rings. The summed E-state index contributed by atoms with van der Waals surface area (Å²) in [6.07, 6.45) is 0.826. The highest BCUT2D eigenvalue weighted by atomic mass is 16.5. The van der Waals surface area contributed by atoms with Crippen molar-refractivity contribution < 1.29 is 13.9 Å². The van der Waals surface area contributed by atoms with Crippen LogP contribution in [0.5, 0.6) is 5.75 Å². The number of nitriles is 1. The number of rotatable bonds is 5. The summed E-state index contributed by atoms with van der Waals surface area (Å²) in [7, 11) is 0. The molecular weight excluding hydrogens is 280 g/mol. The molecule has 0 atom stereocenters. The summed E-state index contributed by atoms with van der Waals surface area (Å²) in [6, 6.07) is 9.61. The molecule has 0 aliphatic carbocycles. The monoisotopic (exact) mass is 298 g/mol. The summed E-state index contributed by atoms with van der Waals surface area (Å²) < 4.78 is 10.9. The number of nitrogens with one attached hydrogen (secondary N) is 1. The zero-order valence-electron chi connectivity index (χ0n) is 12.9. The van der Waals surface area contributed by atoms with Gasteiger partial charge in [0, 0.05) is 5.56 Å². The topological polar surface area (TPSA) is 75.3 Å². The Morgan fingerprint density at radius 1 is 1.36 bits per heavy atom. The minimum absolute atomic E-state index is 0.138. The first kappa shape index (κ1) is 15.6. The lowest BCUT2D eigenvalue weighted by Crippen LogP contribution is -2.20. The van der Waals surface area contributed by atoms with Gasteiger partial charge < -0.3 is 9.15 Å². The third kappa shape index (κ3) is 3.29. The van der Waals surface area contributed by atoms with Gasteiger partial charge in [0.1, 0.15) is 23.1 Å². The molecule has 0 radical (unpaired) electrons. The Hall–Kier alpha value is -2.74. The van der Waals surface area contributed by atoms with E-state index in [-0.39, 0.29) is 18.4 Å². The zero-order valence-corrected chi connectivity index (χ0v) is 12.9. The molecule has 0 fully saturated rings. The third-order valence-electron chi connectivity index (χ3n) is 3.46. The minimum atomic E-state index is -0.365. The van der Waals surface area contributed by atoms with Crippen LogP contribution in [0.15, 0.2) is 28.7 Å². The molecule has 5 heteroatoms. The van der Waals surface area contributed by atoms with E-state index in [1.807, 2.05) is 37.3 Å². The molecule has 0 saturated carbocycles. The number of amides is 1. The molecule has 5 nitrogen and oxygen atoms in total. The van der Waals surface area contributed by atoms with Gasteiger partial charge in [0.25, 0.3) is 5.91 Å². The Kier molecular flexibility index (Phi) is 4.84. The van der Waals surface area contributed by atoms with Gasteiger partial charge >= 0.3 is 0 Å². The molecule has 2 rings (SSSR count). The van der Waals surface area contributed by atoms with Gasteiger partial charge in [-0.2, -0.15) is 5.26 Å². The van der Waals surface area contributed by atoms with Crippen molar-refractivity contribution in [2.24, 2.45) is 0 Å². The SMILES string of the molecule is CCc1ccccc1OCC(=O)Nc1oc(C)c(C)c1C#N. The minimum Gasteiger partial charge on any atom is -0.483 e. The van der Waals surface area contributed by atoms with E-state index >= 15 is 0 Å². The summed E-state index contributed by atoms with van der Waals surface area (Å²) in [6.45, 7) is 5.41. The second-order valence-electron chi connectivity index (χ2n) is 4.90. The van der Waals surface area contributed by atoms with Gasteiger partial charge in [-0.05, 0) is 31.9 Å². The smallest absolute Gasteiger partial charge is 0.264 e. The van der Waals surface area contributed by atoms with Crippen LogP contribution in [-0.4, -0.2) is 12.5 Å². The van der Waals surface area contributed by atoms with Crippen molar-refractivity contribution in [3.05, 3.63) is 46.7 Å². The molecule has 1 aromatic carbocycles. The Balaban J connectivity index is 2.02. The molecule has 0 unspecified atom stereocenters. The van der Waals surface area contributed by atoms with Crippen molar-refractivity contribution in [3.63, 3.8) is 0 Å². The van der Waals surface area contributed by atoms with Crippen molar-refractivity contribution in [3.8, 4) is 11.8 Å². The second-order valence-corrected chi connectivity index (χ2v) is 4.90. The molecule has 1 amide bonds. The highest BCUT2D eigenvalue weighted by molar-refractivity contribution is 5.92. The Morgan fingerprint density at radius 2 is 2.09 bits per heavy atom. The van der Waals surface area contributed by atoms with Crippen LogP contribution in [0.25, 0.3) is 0 Å². The number of benzene rings is 1. The van der Waals surface area contributed by atoms with Gasteiger partial charge in [-0.1, -0.05) is 25.1 Å². The number of carbonyl (C=O) groups is 1. The predicted octanol–water partition coefficient (Wildman–Crippen LogP) is 3.35. The summed E-state index contributed by atoms with van der Waals surface area (Å²) in [5.41, 5.74) is 2.12. The van der Waals surface area contributed by atoms with Gasteiger partial charge in [0.05, 0.1) is 0 Å². The summed E-state index contributed by atoms with van der Waals surface area (Å²) in [5.74, 6) is 1.11. The third-order valence-corrected chi connectivity index (χ3v) is 3.46. The number of carbonyl (C=O) groups excluding carboxylic acids is 1. The first-order valence-corrected chi connectivity index (χ1v) is 7.07. The maximum Gasteiger partial charge on any atom is 0.264 e. The average Bonchev–Trinajstić information content (AvgIpc) is 2.79. The molecule has 22 heavy (non-hydrogen) atoms. The Morgan fingerprint density at radius 3 is 2.77 bits per heavy atom. The van der Waals surface area contributed by atoms with E-state index in [1.165, 1.54) is 0 Å². The van der Waals surface area contributed by atoms with Crippen molar-refractivity contribution in [2.75, 3.05) is 11.9 Å². The lowest BCUT2D eigenvalue weighted by Gasteiger charge is -2.09. The van der Waals surface area contributed by atoms with Gasteiger partial charge in [-0.25, -0.2) is 0 Å². The van der Waals surface area contributed by atoms with Crippen LogP contribution in [-0.2, 0) is 11.2 Å². The summed E-state index contributed by atoms with van der Waals surface area (Å²) >= 11 is 0. The first-order valence-electron chi connectivity index (χ1n) is 7.07. The van der Waals surface area contributed by atoms with Gasteiger partial charge in [0.15, 0.2) is 6.61 Å². The molecule has 0 aliphatic rings.